The van der Waals surface area contributed by atoms with Crippen molar-refractivity contribution < 1.29 is 14.2 Å². The summed E-state index contributed by atoms with van der Waals surface area (Å²) >= 11 is 0. The van der Waals surface area contributed by atoms with Gasteiger partial charge >= 0.3 is 0 Å². The van der Waals surface area contributed by atoms with E-state index in [2.05, 4.69) is 0 Å². The van der Waals surface area contributed by atoms with Gasteiger partial charge in [0.15, 0.2) is 0 Å². The van der Waals surface area contributed by atoms with Gasteiger partial charge in [0, 0.05) is 16.4 Å². The molecule has 0 N–H and O–H groups in total. The fraction of sp³-hybridized carbons (Fsp3) is 0.0909. The van der Waals surface area contributed by atoms with Crippen LogP contribution in [0.4, 0.5) is 0 Å². The highest BCUT2D eigenvalue weighted by Gasteiger charge is 2.42. The lowest BCUT2D eigenvalue weighted by molar-refractivity contribution is 0.104. The van der Waals surface area contributed by atoms with Crippen molar-refractivity contribution >= 4 is 23.5 Å². The Labute approximate surface area is 153 Å². The molecule has 130 valence electrons. The number of benzene rings is 3. The summed E-state index contributed by atoms with van der Waals surface area (Å²) in [5, 5.41) is 0.260. The molecule has 0 amide bonds. The SMILES string of the molecule is Cc1ccc(C(=O)P(=O)(C(=O)c2ccc(C)cc2)c2ccccc2)cc1. The lowest BCUT2D eigenvalue weighted by Crippen LogP contribution is -2.20. The second-order valence-corrected chi connectivity index (χ2v) is 8.83. The number of hydrogen-bond acceptors (Lipinski definition) is 3. The van der Waals surface area contributed by atoms with Gasteiger partial charge in [-0.15, -0.1) is 0 Å². The van der Waals surface area contributed by atoms with Crippen LogP contribution in [-0.4, -0.2) is 11.0 Å². The molecule has 0 bridgehead atoms. The van der Waals surface area contributed by atoms with Gasteiger partial charge in [-0.25, -0.2) is 0 Å². The molecule has 26 heavy (non-hydrogen) atoms. The van der Waals surface area contributed by atoms with Crippen LogP contribution in [0.25, 0.3) is 0 Å². The molecule has 0 aliphatic heterocycles. The lowest BCUT2D eigenvalue weighted by Gasteiger charge is -2.17. The normalized spacial score (nSPS) is 11.2. The maximum atomic E-state index is 13.9. The van der Waals surface area contributed by atoms with E-state index in [1.54, 1.807) is 78.9 Å². The van der Waals surface area contributed by atoms with Crippen molar-refractivity contribution in [2.45, 2.75) is 13.8 Å². The quantitative estimate of drug-likeness (QED) is 0.602. The van der Waals surface area contributed by atoms with Crippen LogP contribution < -0.4 is 5.30 Å². The summed E-state index contributed by atoms with van der Waals surface area (Å²) in [7, 11) is -4.01. The van der Waals surface area contributed by atoms with Gasteiger partial charge < -0.3 is 4.57 Å². The van der Waals surface area contributed by atoms with E-state index >= 15 is 0 Å². The van der Waals surface area contributed by atoms with E-state index in [-0.39, 0.29) is 16.4 Å². The molecule has 3 aromatic carbocycles. The summed E-state index contributed by atoms with van der Waals surface area (Å²) in [6.45, 7) is 3.81. The Balaban J connectivity index is 2.15. The maximum Gasteiger partial charge on any atom is 0.248 e. The Morgan fingerprint density at radius 3 is 1.38 bits per heavy atom. The van der Waals surface area contributed by atoms with Gasteiger partial charge in [0.25, 0.3) is 0 Å². The highest BCUT2D eigenvalue weighted by molar-refractivity contribution is 8.01. The molecule has 0 radical (unpaired) electrons. The van der Waals surface area contributed by atoms with E-state index < -0.39 is 18.2 Å². The number of hydrogen-bond donors (Lipinski definition) is 0. The van der Waals surface area contributed by atoms with Gasteiger partial charge in [-0.2, -0.15) is 0 Å². The molecule has 3 nitrogen and oxygen atoms in total. The molecule has 3 rings (SSSR count). The molecular formula is C22H19O3P. The zero-order chi connectivity index (χ0) is 18.7. The number of carbonyl (C=O) groups is 2. The Kier molecular flexibility index (Phi) is 5.01. The fourth-order valence-corrected chi connectivity index (χ4v) is 4.99. The Hall–Kier alpha value is -2.77. The molecule has 3 aromatic rings. The van der Waals surface area contributed by atoms with Crippen LogP contribution in [0.5, 0.6) is 0 Å². The minimum atomic E-state index is -4.01. The molecular weight excluding hydrogens is 343 g/mol. The maximum absolute atomic E-state index is 13.9. The number of aryl methyl sites for hydroxylation is 2. The summed E-state index contributed by atoms with van der Waals surface area (Å²) in [6, 6.07) is 21.9. The first kappa shape index (κ1) is 18.0. The van der Waals surface area contributed by atoms with Crippen LogP contribution in [0.2, 0.25) is 0 Å². The van der Waals surface area contributed by atoms with Crippen molar-refractivity contribution in [3.8, 4) is 0 Å². The largest absolute Gasteiger partial charge is 0.302 e. The van der Waals surface area contributed by atoms with Crippen molar-refractivity contribution in [3.05, 3.63) is 101 Å². The minimum Gasteiger partial charge on any atom is -0.302 e. The second kappa shape index (κ2) is 7.23. The first-order valence-electron chi connectivity index (χ1n) is 8.32. The summed E-state index contributed by atoms with van der Waals surface area (Å²) in [5.74, 6) is 0. The molecule has 0 heterocycles. The second-order valence-electron chi connectivity index (χ2n) is 6.29. The summed E-state index contributed by atoms with van der Waals surface area (Å²) in [5.41, 5.74) is 1.27. The van der Waals surface area contributed by atoms with Crippen LogP contribution in [-0.2, 0) is 4.57 Å². The molecule has 0 aliphatic rings. The van der Waals surface area contributed by atoms with E-state index in [0.29, 0.717) is 0 Å². The standard InChI is InChI=1S/C22H19O3P/c1-16-8-12-18(13-9-16)21(23)26(25,20-6-4-3-5-7-20)22(24)19-14-10-17(2)11-15-19/h3-15H,1-2H3. The van der Waals surface area contributed by atoms with Crippen LogP contribution in [0, 0.1) is 13.8 Å². The summed E-state index contributed by atoms with van der Waals surface area (Å²) in [6.07, 6.45) is 0. The first-order chi connectivity index (χ1) is 12.4. The van der Waals surface area contributed by atoms with Crippen LogP contribution in [0.1, 0.15) is 31.8 Å². The zero-order valence-electron chi connectivity index (χ0n) is 14.7. The van der Waals surface area contributed by atoms with Crippen molar-refractivity contribution in [1.29, 1.82) is 0 Å². The van der Waals surface area contributed by atoms with Gasteiger partial charge in [-0.05, 0) is 13.8 Å². The molecule has 0 saturated carbocycles. The molecule has 0 fully saturated rings. The van der Waals surface area contributed by atoms with Crippen molar-refractivity contribution in [2.75, 3.05) is 0 Å². The van der Waals surface area contributed by atoms with Gasteiger partial charge in [0.2, 0.25) is 18.2 Å². The van der Waals surface area contributed by atoms with Crippen LogP contribution in [0.15, 0.2) is 78.9 Å². The highest BCUT2D eigenvalue weighted by Crippen LogP contribution is 2.50. The topological polar surface area (TPSA) is 51.2 Å². The van der Waals surface area contributed by atoms with Gasteiger partial charge in [-0.1, -0.05) is 90.0 Å². The van der Waals surface area contributed by atoms with Crippen LogP contribution in [0.3, 0.4) is 0 Å². The van der Waals surface area contributed by atoms with E-state index in [9.17, 15) is 14.2 Å². The van der Waals surface area contributed by atoms with Crippen molar-refractivity contribution in [1.82, 2.24) is 0 Å². The third-order valence-corrected chi connectivity index (χ3v) is 6.97. The smallest absolute Gasteiger partial charge is 0.248 e. The van der Waals surface area contributed by atoms with Gasteiger partial charge in [0.05, 0.1) is 0 Å². The predicted octanol–water partition coefficient (Wildman–Crippen LogP) is 4.97. The van der Waals surface area contributed by atoms with E-state index in [4.69, 9.17) is 0 Å². The predicted molar refractivity (Wildman–Crippen MR) is 105 cm³/mol. The third kappa shape index (κ3) is 3.31. The van der Waals surface area contributed by atoms with E-state index in [1.165, 1.54) is 0 Å². The summed E-state index contributed by atoms with van der Waals surface area (Å²) in [4.78, 5) is 26.4. The zero-order valence-corrected chi connectivity index (χ0v) is 15.6. The molecule has 0 spiro atoms. The molecule has 0 unspecified atom stereocenters. The van der Waals surface area contributed by atoms with E-state index in [0.717, 1.165) is 11.1 Å². The van der Waals surface area contributed by atoms with Crippen molar-refractivity contribution in [3.63, 3.8) is 0 Å². The molecule has 4 heteroatoms. The van der Waals surface area contributed by atoms with Gasteiger partial charge in [0.1, 0.15) is 0 Å². The van der Waals surface area contributed by atoms with Crippen LogP contribution >= 0.6 is 7.14 Å². The fourth-order valence-electron chi connectivity index (χ4n) is 2.72. The molecule has 0 atom stereocenters. The molecule has 0 aliphatic carbocycles. The minimum absolute atomic E-state index is 0.260. The van der Waals surface area contributed by atoms with E-state index in [1.807, 2.05) is 13.8 Å². The number of carbonyl (C=O) groups excluding carboxylic acids is 2. The lowest BCUT2D eigenvalue weighted by atomic mass is 10.2. The van der Waals surface area contributed by atoms with Gasteiger partial charge in [-0.3, -0.25) is 9.59 Å². The molecule has 0 saturated heterocycles. The molecule has 0 aromatic heterocycles. The highest BCUT2D eigenvalue weighted by atomic mass is 31.2. The third-order valence-electron chi connectivity index (χ3n) is 4.29. The Bertz CT molecular complexity index is 926. The Morgan fingerprint density at radius 2 is 1.00 bits per heavy atom. The summed E-state index contributed by atoms with van der Waals surface area (Å²) < 4.78 is 13.9. The van der Waals surface area contributed by atoms with Crippen molar-refractivity contribution in [2.24, 2.45) is 0 Å². The Morgan fingerprint density at radius 1 is 0.615 bits per heavy atom. The number of rotatable bonds is 5. The average Bonchev–Trinajstić information content (AvgIpc) is 2.68. The monoisotopic (exact) mass is 362 g/mol. The average molecular weight is 362 g/mol. The first-order valence-corrected chi connectivity index (χ1v) is 10.0.